The Morgan fingerprint density at radius 3 is 3.14 bits per heavy atom. The van der Waals surface area contributed by atoms with Crippen LogP contribution in [0.25, 0.3) is 0 Å². The lowest BCUT2D eigenvalue weighted by atomic mass is 9.87. The van der Waals surface area contributed by atoms with Crippen LogP contribution < -0.4 is 4.74 Å². The van der Waals surface area contributed by atoms with Crippen molar-refractivity contribution >= 4 is 0 Å². The highest BCUT2D eigenvalue weighted by molar-refractivity contribution is 5.28. The summed E-state index contributed by atoms with van der Waals surface area (Å²) in [4.78, 5) is 4.40. The largest absolute Gasteiger partial charge is 0.481 e. The monoisotopic (exact) mass is 193 g/mol. The first-order valence-electron chi connectivity index (χ1n) is 4.97. The summed E-state index contributed by atoms with van der Waals surface area (Å²) in [6.07, 6.45) is 2.97. The highest BCUT2D eigenvalue weighted by Gasteiger charge is 2.19. The molecule has 1 aliphatic rings. The lowest BCUT2D eigenvalue weighted by Crippen LogP contribution is -2.18. The van der Waals surface area contributed by atoms with E-state index in [0.29, 0.717) is 11.8 Å². The quantitative estimate of drug-likeness (QED) is 0.767. The van der Waals surface area contributed by atoms with Crippen molar-refractivity contribution in [2.75, 3.05) is 13.7 Å². The number of nitrogens with zero attached hydrogens (tertiary/aromatic N) is 1. The van der Waals surface area contributed by atoms with Crippen molar-refractivity contribution in [3.8, 4) is 5.88 Å². The smallest absolute Gasteiger partial charge is 0.213 e. The molecule has 1 aliphatic carbocycles. The minimum absolute atomic E-state index is 0.262. The molecule has 1 unspecified atom stereocenters. The molecule has 1 N–H and O–H groups in total. The lowest BCUT2D eigenvalue weighted by molar-refractivity contribution is 0.211. The Hall–Kier alpha value is -1.09. The van der Waals surface area contributed by atoms with E-state index < -0.39 is 0 Å². The minimum atomic E-state index is 0.262. The summed E-state index contributed by atoms with van der Waals surface area (Å²) in [7, 11) is 1.63. The van der Waals surface area contributed by atoms with E-state index in [2.05, 4.69) is 11.1 Å². The summed E-state index contributed by atoms with van der Waals surface area (Å²) < 4.78 is 5.08. The van der Waals surface area contributed by atoms with Crippen LogP contribution in [0.15, 0.2) is 12.1 Å². The van der Waals surface area contributed by atoms with Crippen LogP contribution in [0.3, 0.4) is 0 Å². The van der Waals surface area contributed by atoms with E-state index in [9.17, 15) is 0 Å². The van der Waals surface area contributed by atoms with E-state index in [1.54, 1.807) is 7.11 Å². The number of aromatic nitrogens is 1. The third-order valence-corrected chi connectivity index (χ3v) is 2.81. The van der Waals surface area contributed by atoms with E-state index >= 15 is 0 Å². The van der Waals surface area contributed by atoms with Crippen LogP contribution in [0, 0.1) is 5.92 Å². The third kappa shape index (κ3) is 1.73. The summed E-state index contributed by atoms with van der Waals surface area (Å²) >= 11 is 0. The molecular weight excluding hydrogens is 178 g/mol. The number of methoxy groups -OCH3 is 1. The standard InChI is InChI=1S/C11H15NO2/c1-14-11-5-4-9-3-2-8(7-13)6-10(9)12-11/h4-5,8,13H,2-3,6-7H2,1H3. The predicted molar refractivity (Wildman–Crippen MR) is 53.4 cm³/mol. The van der Waals surface area contributed by atoms with Crippen molar-refractivity contribution < 1.29 is 9.84 Å². The van der Waals surface area contributed by atoms with Crippen molar-refractivity contribution in [3.05, 3.63) is 23.4 Å². The molecule has 0 bridgehead atoms. The van der Waals surface area contributed by atoms with Gasteiger partial charge in [-0.3, -0.25) is 0 Å². The zero-order valence-electron chi connectivity index (χ0n) is 8.36. The molecule has 0 aliphatic heterocycles. The average molecular weight is 193 g/mol. The number of pyridine rings is 1. The van der Waals surface area contributed by atoms with E-state index in [1.807, 2.05) is 6.07 Å². The van der Waals surface area contributed by atoms with Crippen LogP contribution >= 0.6 is 0 Å². The number of hydrogen-bond donors (Lipinski definition) is 1. The van der Waals surface area contributed by atoms with Crippen molar-refractivity contribution in [1.82, 2.24) is 4.98 Å². The van der Waals surface area contributed by atoms with Gasteiger partial charge in [-0.05, 0) is 30.7 Å². The molecular formula is C11H15NO2. The molecule has 0 fully saturated rings. The summed E-state index contributed by atoms with van der Waals surface area (Å²) in [5.41, 5.74) is 2.39. The Morgan fingerprint density at radius 1 is 1.57 bits per heavy atom. The normalized spacial score (nSPS) is 20.3. The molecule has 1 heterocycles. The fraction of sp³-hybridized carbons (Fsp3) is 0.545. The minimum Gasteiger partial charge on any atom is -0.481 e. The van der Waals surface area contributed by atoms with Gasteiger partial charge in [0.15, 0.2) is 0 Å². The highest BCUT2D eigenvalue weighted by atomic mass is 16.5. The van der Waals surface area contributed by atoms with Gasteiger partial charge < -0.3 is 9.84 Å². The molecule has 1 aromatic heterocycles. The molecule has 0 radical (unpaired) electrons. The molecule has 14 heavy (non-hydrogen) atoms. The molecule has 3 heteroatoms. The number of rotatable bonds is 2. The van der Waals surface area contributed by atoms with Gasteiger partial charge in [-0.15, -0.1) is 0 Å². The summed E-state index contributed by atoms with van der Waals surface area (Å²) in [5.74, 6) is 1.05. The van der Waals surface area contributed by atoms with Gasteiger partial charge in [-0.2, -0.15) is 0 Å². The van der Waals surface area contributed by atoms with Crippen molar-refractivity contribution in [3.63, 3.8) is 0 Å². The van der Waals surface area contributed by atoms with E-state index in [0.717, 1.165) is 25.0 Å². The number of ether oxygens (including phenoxy) is 1. The summed E-state index contributed by atoms with van der Waals surface area (Å²) in [6, 6.07) is 3.98. The fourth-order valence-electron chi connectivity index (χ4n) is 1.92. The Morgan fingerprint density at radius 2 is 2.43 bits per heavy atom. The average Bonchev–Trinajstić information content (AvgIpc) is 2.27. The van der Waals surface area contributed by atoms with Crippen molar-refractivity contribution in [2.45, 2.75) is 19.3 Å². The number of aliphatic hydroxyl groups excluding tert-OH is 1. The molecule has 3 nitrogen and oxygen atoms in total. The van der Waals surface area contributed by atoms with Crippen LogP contribution in [0.1, 0.15) is 17.7 Å². The second kappa shape index (κ2) is 3.96. The summed E-state index contributed by atoms with van der Waals surface area (Å²) in [6.45, 7) is 0.262. The first-order chi connectivity index (χ1) is 6.83. The van der Waals surface area contributed by atoms with Gasteiger partial charge in [0.1, 0.15) is 0 Å². The van der Waals surface area contributed by atoms with Crippen LogP contribution in [0.4, 0.5) is 0 Å². The van der Waals surface area contributed by atoms with E-state index in [-0.39, 0.29) is 6.61 Å². The van der Waals surface area contributed by atoms with Gasteiger partial charge in [0, 0.05) is 18.4 Å². The van der Waals surface area contributed by atoms with Gasteiger partial charge >= 0.3 is 0 Å². The number of fused-ring (bicyclic) bond motifs is 1. The summed E-state index contributed by atoms with van der Waals surface area (Å²) in [5, 5.41) is 9.08. The molecule has 0 spiro atoms. The zero-order chi connectivity index (χ0) is 9.97. The van der Waals surface area contributed by atoms with Gasteiger partial charge in [-0.25, -0.2) is 4.98 Å². The Bertz CT molecular complexity index is 325. The number of hydrogen-bond acceptors (Lipinski definition) is 3. The maximum absolute atomic E-state index is 9.08. The van der Waals surface area contributed by atoms with Crippen LogP contribution in [0.5, 0.6) is 5.88 Å². The Labute approximate surface area is 83.7 Å². The SMILES string of the molecule is COc1ccc2c(n1)CC(CO)CC2. The zero-order valence-corrected chi connectivity index (χ0v) is 8.36. The second-order valence-electron chi connectivity index (χ2n) is 3.75. The molecule has 0 saturated heterocycles. The second-order valence-corrected chi connectivity index (χ2v) is 3.75. The van der Waals surface area contributed by atoms with Crippen LogP contribution in [0.2, 0.25) is 0 Å². The fourth-order valence-corrected chi connectivity index (χ4v) is 1.92. The number of aryl methyl sites for hydroxylation is 1. The molecule has 0 aromatic carbocycles. The Balaban J connectivity index is 2.25. The van der Waals surface area contributed by atoms with Gasteiger partial charge in [0.05, 0.1) is 7.11 Å². The van der Waals surface area contributed by atoms with E-state index in [1.165, 1.54) is 5.56 Å². The van der Waals surface area contributed by atoms with Gasteiger partial charge in [0.2, 0.25) is 5.88 Å². The Kier molecular flexibility index (Phi) is 2.68. The highest BCUT2D eigenvalue weighted by Crippen LogP contribution is 2.25. The molecule has 0 saturated carbocycles. The first-order valence-corrected chi connectivity index (χ1v) is 4.97. The molecule has 1 atom stereocenters. The molecule has 2 rings (SSSR count). The van der Waals surface area contributed by atoms with Crippen LogP contribution in [-0.2, 0) is 12.8 Å². The molecule has 76 valence electrons. The van der Waals surface area contributed by atoms with Crippen molar-refractivity contribution in [1.29, 1.82) is 0 Å². The maximum atomic E-state index is 9.08. The van der Waals surface area contributed by atoms with Gasteiger partial charge in [0.25, 0.3) is 0 Å². The van der Waals surface area contributed by atoms with Crippen molar-refractivity contribution in [2.24, 2.45) is 5.92 Å². The van der Waals surface area contributed by atoms with Crippen LogP contribution in [-0.4, -0.2) is 23.8 Å². The third-order valence-electron chi connectivity index (χ3n) is 2.81. The number of aliphatic hydroxyl groups is 1. The predicted octanol–water partition coefficient (Wildman–Crippen LogP) is 1.19. The topological polar surface area (TPSA) is 42.4 Å². The maximum Gasteiger partial charge on any atom is 0.213 e. The first kappa shape index (κ1) is 9.46. The molecule has 1 aromatic rings. The van der Waals surface area contributed by atoms with E-state index in [4.69, 9.17) is 9.84 Å². The van der Waals surface area contributed by atoms with Gasteiger partial charge in [-0.1, -0.05) is 6.07 Å². The molecule has 0 amide bonds. The lowest BCUT2D eigenvalue weighted by Gasteiger charge is -2.22.